The van der Waals surface area contributed by atoms with Crippen molar-refractivity contribution >= 4 is 5.78 Å². The summed E-state index contributed by atoms with van der Waals surface area (Å²) in [5.74, 6) is 0.731. The van der Waals surface area contributed by atoms with Crippen LogP contribution in [0, 0.1) is 5.92 Å². The summed E-state index contributed by atoms with van der Waals surface area (Å²) >= 11 is 0. The molecular weight excluding hydrogens is 200 g/mol. The molecule has 0 spiro atoms. The number of ketones is 1. The van der Waals surface area contributed by atoms with Gasteiger partial charge in [-0.15, -0.1) is 0 Å². The van der Waals surface area contributed by atoms with E-state index in [1.807, 2.05) is 17.1 Å². The van der Waals surface area contributed by atoms with Crippen LogP contribution in [0.25, 0.3) is 0 Å². The summed E-state index contributed by atoms with van der Waals surface area (Å²) in [7, 11) is 0. The molecule has 0 N–H and O–H groups in total. The van der Waals surface area contributed by atoms with E-state index in [1.165, 1.54) is 19.3 Å². The molecule has 2 rings (SSSR count). The first-order valence-electron chi connectivity index (χ1n) is 6.33. The molecule has 0 amide bonds. The fourth-order valence-electron chi connectivity index (χ4n) is 2.44. The minimum Gasteiger partial charge on any atom is -0.299 e. The van der Waals surface area contributed by atoms with E-state index in [0.717, 1.165) is 24.9 Å². The van der Waals surface area contributed by atoms with Crippen LogP contribution in [0.3, 0.4) is 0 Å². The molecule has 0 saturated heterocycles. The fraction of sp³-hybridized carbons (Fsp3) is 0.692. The molecule has 1 aliphatic rings. The third kappa shape index (κ3) is 2.71. The number of aromatic nitrogens is 2. The second kappa shape index (κ2) is 5.28. The number of Topliss-reactive ketones (excluding diaryl/α,β-unsaturated/α-hetero) is 1. The van der Waals surface area contributed by atoms with Gasteiger partial charge in [0, 0.05) is 25.1 Å². The lowest BCUT2D eigenvalue weighted by molar-refractivity contribution is -0.123. The van der Waals surface area contributed by atoms with Crippen LogP contribution in [0.5, 0.6) is 0 Å². The van der Waals surface area contributed by atoms with Crippen molar-refractivity contribution in [1.82, 2.24) is 9.78 Å². The van der Waals surface area contributed by atoms with E-state index in [0.29, 0.717) is 18.1 Å². The van der Waals surface area contributed by atoms with Crippen LogP contribution in [-0.2, 0) is 17.8 Å². The molecule has 1 aromatic heterocycles. The molecule has 1 aliphatic carbocycles. The Bertz CT molecular complexity index is 351. The Kier molecular flexibility index (Phi) is 3.75. The van der Waals surface area contributed by atoms with Gasteiger partial charge in [-0.2, -0.15) is 5.10 Å². The number of hydrogen-bond donors (Lipinski definition) is 0. The highest BCUT2D eigenvalue weighted by Crippen LogP contribution is 2.25. The Balaban J connectivity index is 1.90. The number of hydrogen-bond acceptors (Lipinski definition) is 2. The summed E-state index contributed by atoms with van der Waals surface area (Å²) in [5.41, 5.74) is 1.07. The van der Waals surface area contributed by atoms with Crippen molar-refractivity contribution in [3.8, 4) is 0 Å². The van der Waals surface area contributed by atoms with Crippen LogP contribution in [0.1, 0.15) is 44.6 Å². The Morgan fingerprint density at radius 1 is 1.44 bits per heavy atom. The smallest absolute Gasteiger partial charge is 0.140 e. The number of rotatable bonds is 4. The molecule has 0 radical (unpaired) electrons. The van der Waals surface area contributed by atoms with Gasteiger partial charge in [-0.3, -0.25) is 9.48 Å². The van der Waals surface area contributed by atoms with Crippen LogP contribution in [-0.4, -0.2) is 15.6 Å². The molecule has 0 atom stereocenters. The first-order valence-corrected chi connectivity index (χ1v) is 6.33. The highest BCUT2D eigenvalue weighted by Gasteiger charge is 2.21. The van der Waals surface area contributed by atoms with Crippen molar-refractivity contribution < 1.29 is 4.79 Å². The molecule has 0 aromatic carbocycles. The van der Waals surface area contributed by atoms with E-state index in [1.54, 1.807) is 0 Å². The number of carbonyl (C=O) groups excluding carboxylic acids is 1. The average Bonchev–Trinajstić information content (AvgIpc) is 2.78. The number of carbonyl (C=O) groups is 1. The minimum atomic E-state index is 0.318. The summed E-state index contributed by atoms with van der Waals surface area (Å²) in [6, 6.07) is 0. The van der Waals surface area contributed by atoms with Crippen LogP contribution in [0.4, 0.5) is 0 Å². The zero-order valence-corrected chi connectivity index (χ0v) is 9.98. The Morgan fingerprint density at radius 3 is 2.81 bits per heavy atom. The van der Waals surface area contributed by atoms with Gasteiger partial charge in [-0.25, -0.2) is 0 Å². The van der Waals surface area contributed by atoms with Crippen molar-refractivity contribution in [1.29, 1.82) is 0 Å². The molecule has 1 saturated carbocycles. The highest BCUT2D eigenvalue weighted by atomic mass is 16.1. The SMILES string of the molecule is CCn1cc(CC(=O)C2CCCCC2)cn1. The molecule has 1 aromatic rings. The second-order valence-corrected chi connectivity index (χ2v) is 4.68. The van der Waals surface area contributed by atoms with Gasteiger partial charge in [-0.1, -0.05) is 19.3 Å². The lowest BCUT2D eigenvalue weighted by atomic mass is 9.84. The van der Waals surface area contributed by atoms with Crippen molar-refractivity contribution in [2.45, 2.75) is 52.0 Å². The maximum Gasteiger partial charge on any atom is 0.140 e. The Morgan fingerprint density at radius 2 is 2.19 bits per heavy atom. The third-order valence-corrected chi connectivity index (χ3v) is 3.45. The summed E-state index contributed by atoms with van der Waals surface area (Å²) < 4.78 is 1.88. The van der Waals surface area contributed by atoms with Gasteiger partial charge in [0.1, 0.15) is 5.78 Å². The topological polar surface area (TPSA) is 34.9 Å². The largest absolute Gasteiger partial charge is 0.299 e. The van der Waals surface area contributed by atoms with Gasteiger partial charge in [0.05, 0.1) is 6.20 Å². The third-order valence-electron chi connectivity index (χ3n) is 3.45. The van der Waals surface area contributed by atoms with Crippen molar-refractivity contribution in [2.75, 3.05) is 0 Å². The van der Waals surface area contributed by atoms with Gasteiger partial charge in [0.25, 0.3) is 0 Å². The standard InChI is InChI=1S/C13H20N2O/c1-2-15-10-11(9-14-15)8-13(16)12-6-4-3-5-7-12/h9-10,12H,2-8H2,1H3. The van der Waals surface area contributed by atoms with E-state index in [9.17, 15) is 4.79 Å². The monoisotopic (exact) mass is 220 g/mol. The van der Waals surface area contributed by atoms with E-state index in [-0.39, 0.29) is 0 Å². The predicted molar refractivity (Wildman–Crippen MR) is 63.2 cm³/mol. The quantitative estimate of drug-likeness (QED) is 0.781. The van der Waals surface area contributed by atoms with Crippen molar-refractivity contribution in [3.63, 3.8) is 0 Å². The fourth-order valence-corrected chi connectivity index (χ4v) is 2.44. The molecule has 88 valence electrons. The first kappa shape index (κ1) is 11.4. The van der Waals surface area contributed by atoms with E-state index >= 15 is 0 Å². The van der Waals surface area contributed by atoms with Gasteiger partial charge in [0.2, 0.25) is 0 Å². The molecule has 3 nitrogen and oxygen atoms in total. The zero-order chi connectivity index (χ0) is 11.4. The summed E-state index contributed by atoms with van der Waals surface area (Å²) in [6.45, 7) is 2.93. The first-order chi connectivity index (χ1) is 7.79. The lowest BCUT2D eigenvalue weighted by Gasteiger charge is -2.19. The summed E-state index contributed by atoms with van der Waals surface area (Å²) in [4.78, 5) is 12.0. The summed E-state index contributed by atoms with van der Waals surface area (Å²) in [5, 5.41) is 4.20. The Hall–Kier alpha value is -1.12. The molecule has 0 aliphatic heterocycles. The molecule has 1 heterocycles. The predicted octanol–water partition coefficient (Wildman–Crippen LogP) is 2.59. The summed E-state index contributed by atoms with van der Waals surface area (Å²) in [6.07, 6.45) is 10.3. The van der Waals surface area contributed by atoms with Crippen LogP contribution in [0.15, 0.2) is 12.4 Å². The van der Waals surface area contributed by atoms with Gasteiger partial charge in [0.15, 0.2) is 0 Å². The van der Waals surface area contributed by atoms with Crippen LogP contribution in [0.2, 0.25) is 0 Å². The number of aryl methyl sites for hydroxylation is 1. The van der Waals surface area contributed by atoms with Crippen molar-refractivity contribution in [3.05, 3.63) is 18.0 Å². The normalized spacial score (nSPS) is 17.6. The van der Waals surface area contributed by atoms with E-state index in [2.05, 4.69) is 12.0 Å². The molecule has 0 bridgehead atoms. The highest BCUT2D eigenvalue weighted by molar-refractivity contribution is 5.83. The minimum absolute atomic E-state index is 0.318. The van der Waals surface area contributed by atoms with Gasteiger partial charge in [-0.05, 0) is 25.3 Å². The Labute approximate surface area is 96.8 Å². The molecular formula is C13H20N2O. The molecule has 1 fully saturated rings. The van der Waals surface area contributed by atoms with E-state index < -0.39 is 0 Å². The molecule has 16 heavy (non-hydrogen) atoms. The maximum atomic E-state index is 12.0. The lowest BCUT2D eigenvalue weighted by Crippen LogP contribution is -2.19. The molecule has 0 unspecified atom stereocenters. The maximum absolute atomic E-state index is 12.0. The number of nitrogens with zero attached hydrogens (tertiary/aromatic N) is 2. The van der Waals surface area contributed by atoms with E-state index in [4.69, 9.17) is 0 Å². The van der Waals surface area contributed by atoms with Gasteiger partial charge >= 0.3 is 0 Å². The van der Waals surface area contributed by atoms with Crippen LogP contribution < -0.4 is 0 Å². The molecule has 3 heteroatoms. The average molecular weight is 220 g/mol. The van der Waals surface area contributed by atoms with Crippen molar-refractivity contribution in [2.24, 2.45) is 5.92 Å². The second-order valence-electron chi connectivity index (χ2n) is 4.68. The zero-order valence-electron chi connectivity index (χ0n) is 9.98. The van der Waals surface area contributed by atoms with Gasteiger partial charge < -0.3 is 0 Å². The van der Waals surface area contributed by atoms with Crippen LogP contribution >= 0.6 is 0 Å².